The molecule has 10 N–H and O–H groups in total. The van der Waals surface area contributed by atoms with Gasteiger partial charge in [0.15, 0.2) is 23.7 Å². The predicted octanol–water partition coefficient (Wildman–Crippen LogP) is 4.17. The summed E-state index contributed by atoms with van der Waals surface area (Å²) in [5.41, 5.74) is 5.87. The number of nitrogens with one attached hydrogen (secondary N) is 3. The molecule has 10 unspecified atom stereocenters. The van der Waals surface area contributed by atoms with Crippen molar-refractivity contribution in [2.75, 3.05) is 25.4 Å². The average Bonchev–Trinajstić information content (AvgIpc) is 3.20. The van der Waals surface area contributed by atoms with Crippen LogP contribution in [0.4, 0.5) is 0 Å². The summed E-state index contributed by atoms with van der Waals surface area (Å²) in [6, 6.07) is 3.24. The van der Waals surface area contributed by atoms with Crippen molar-refractivity contribution >= 4 is 33.5 Å². The van der Waals surface area contributed by atoms with Gasteiger partial charge in [-0.25, -0.2) is 0 Å². The zero-order valence-electron chi connectivity index (χ0n) is 34.8. The summed E-state index contributed by atoms with van der Waals surface area (Å²) in [5.74, 6) is 7.12. The molecule has 8 bridgehead atoms. The van der Waals surface area contributed by atoms with Crippen LogP contribution >= 0.6 is 21.6 Å². The normalized spacial score (nSPS) is 36.1. The van der Waals surface area contributed by atoms with E-state index in [0.717, 1.165) is 83.1 Å². The van der Waals surface area contributed by atoms with E-state index in [9.17, 15) is 30.3 Å². The van der Waals surface area contributed by atoms with Crippen LogP contribution in [-0.2, 0) is 16.0 Å². The number of phenolic OH excluding ortho intramolecular Hbond substituents is 1. The average molecular weight is 858 g/mol. The lowest BCUT2D eigenvalue weighted by molar-refractivity contribution is -0.152. The number of phenols is 1. The Labute approximate surface area is 357 Å². The molecule has 0 aromatic heterocycles. The van der Waals surface area contributed by atoms with E-state index in [1.165, 1.54) is 19.4 Å². The first-order chi connectivity index (χ1) is 28.3. The van der Waals surface area contributed by atoms with Crippen LogP contribution in [0.1, 0.15) is 128 Å². The van der Waals surface area contributed by atoms with Gasteiger partial charge in [-0.1, -0.05) is 59.1 Å². The first kappa shape index (κ1) is 44.6. The molecular weight excluding hydrogens is 791 g/mol. The van der Waals surface area contributed by atoms with E-state index in [4.69, 9.17) is 20.2 Å². The van der Waals surface area contributed by atoms with Gasteiger partial charge in [-0.3, -0.25) is 9.79 Å². The monoisotopic (exact) mass is 857 g/mol. The SMILES string of the molecule is CC(=O)OC1CC(O)CCC2(C(C)O)C#CC3CCCC4(CC(CCN4)Oc4cc(c(C(O)O)cc4O)CC31)C1CCC(CN1)SSCC1(CCCCC1)NC(N)=NC2. The number of hydrogen-bond acceptors (Lipinski definition) is 15. The standard InChI is InChI=1S/C44H67N5O8S2/c1-27(50)42-16-10-29-7-6-15-44(39-9-8-33(24-46-39)59-58-26-43(13-4-3-5-14-43)49-41(45)47-25-42)23-32(12-18-48-44)57-38-20-30(35(40(54)55)22-36(38)53)19-34(29)37(56-28(2)51)21-31(52)11-17-42/h20,22,27,29,31-34,37,39-40,46,48,50,52-55H,3-9,11-15,17-19,21,23-26H2,1-2H3,(H3,45,47,49). The highest BCUT2D eigenvalue weighted by Crippen LogP contribution is 2.44. The number of guanidine groups is 1. The number of piperidine rings is 2. The Hall–Kier alpha value is -2.42. The van der Waals surface area contributed by atoms with Gasteiger partial charge in [0.05, 0.1) is 24.2 Å². The van der Waals surface area contributed by atoms with Gasteiger partial charge >= 0.3 is 5.97 Å². The lowest BCUT2D eigenvalue weighted by Crippen LogP contribution is -2.66. The Morgan fingerprint density at radius 3 is 2.61 bits per heavy atom. The molecule has 5 aliphatic heterocycles. The third-order valence-corrected chi connectivity index (χ3v) is 17.3. The Morgan fingerprint density at radius 1 is 1.07 bits per heavy atom. The number of carbonyl (C=O) groups is 1. The van der Waals surface area contributed by atoms with Crippen LogP contribution in [0.25, 0.3) is 0 Å². The minimum absolute atomic E-state index is 0.121. The smallest absolute Gasteiger partial charge is 0.302 e. The molecule has 15 heteroatoms. The minimum atomic E-state index is -1.89. The lowest BCUT2D eigenvalue weighted by atomic mass is 9.71. The van der Waals surface area contributed by atoms with Crippen LogP contribution in [0, 0.1) is 29.1 Å². The fourth-order valence-corrected chi connectivity index (χ4v) is 14.0. The molecule has 1 aromatic rings. The molecule has 1 aromatic carbocycles. The van der Waals surface area contributed by atoms with Gasteiger partial charge in [0.25, 0.3) is 0 Å². The number of esters is 1. The first-order valence-electron chi connectivity index (χ1n) is 22.1. The maximum atomic E-state index is 12.8. The molecule has 1 saturated carbocycles. The first-order valence-corrected chi connectivity index (χ1v) is 24.5. The Balaban J connectivity index is 1.38. The van der Waals surface area contributed by atoms with Gasteiger partial charge in [0, 0.05) is 71.8 Å². The van der Waals surface area contributed by atoms with E-state index in [0.29, 0.717) is 29.6 Å². The highest BCUT2D eigenvalue weighted by molar-refractivity contribution is 8.77. The number of fused-ring (bicyclic) bond motifs is 9. The van der Waals surface area contributed by atoms with Crippen molar-refractivity contribution in [1.29, 1.82) is 0 Å². The van der Waals surface area contributed by atoms with Crippen molar-refractivity contribution < 1.29 is 39.8 Å². The summed E-state index contributed by atoms with van der Waals surface area (Å²) < 4.78 is 12.8. The quantitative estimate of drug-likeness (QED) is 0.0905. The number of benzene rings is 1. The number of carbonyl (C=O) groups excluding carboxylic acids is 1. The number of ether oxygens (including phenoxy) is 2. The zero-order valence-corrected chi connectivity index (χ0v) is 36.4. The predicted molar refractivity (Wildman–Crippen MR) is 232 cm³/mol. The molecule has 8 rings (SSSR count). The lowest BCUT2D eigenvalue weighted by Gasteiger charge is -2.49. The maximum absolute atomic E-state index is 12.8. The van der Waals surface area contributed by atoms with Crippen molar-refractivity contribution in [1.82, 2.24) is 16.0 Å². The second-order valence-electron chi connectivity index (χ2n) is 18.4. The van der Waals surface area contributed by atoms with Crippen molar-refractivity contribution in [2.45, 2.75) is 170 Å². The largest absolute Gasteiger partial charge is 0.504 e. The fourth-order valence-electron chi connectivity index (χ4n) is 10.8. The zero-order chi connectivity index (χ0) is 41.8. The number of nitrogens with zero attached hydrogens (tertiary/aromatic N) is 1. The van der Waals surface area contributed by atoms with Crippen LogP contribution in [0.3, 0.4) is 0 Å². The highest BCUT2D eigenvalue weighted by Gasteiger charge is 2.46. The van der Waals surface area contributed by atoms with E-state index in [2.05, 4.69) is 27.8 Å². The van der Waals surface area contributed by atoms with E-state index in [1.807, 2.05) is 21.6 Å². The number of hydrogen-bond donors (Lipinski definition) is 9. The molecule has 0 amide bonds. The summed E-state index contributed by atoms with van der Waals surface area (Å²) in [4.78, 5) is 17.7. The Morgan fingerprint density at radius 2 is 1.88 bits per heavy atom. The van der Waals surface area contributed by atoms with Crippen molar-refractivity contribution in [3.63, 3.8) is 0 Å². The van der Waals surface area contributed by atoms with E-state index in [1.54, 1.807) is 13.0 Å². The number of aliphatic hydroxyl groups is 4. The third kappa shape index (κ3) is 10.6. The second kappa shape index (κ2) is 19.3. The molecule has 7 aliphatic rings. The Bertz CT molecular complexity index is 1710. The van der Waals surface area contributed by atoms with Gasteiger partial charge < -0.3 is 56.7 Å². The van der Waals surface area contributed by atoms with Gasteiger partial charge in [-0.15, -0.1) is 0 Å². The third-order valence-electron chi connectivity index (χ3n) is 14.3. The van der Waals surface area contributed by atoms with E-state index >= 15 is 0 Å². The van der Waals surface area contributed by atoms with E-state index < -0.39 is 47.8 Å². The van der Waals surface area contributed by atoms with Crippen LogP contribution in [0.2, 0.25) is 0 Å². The molecule has 5 heterocycles. The second-order valence-corrected chi connectivity index (χ2v) is 21.1. The minimum Gasteiger partial charge on any atom is -0.504 e. The molecular formula is C44H67N5O8S2. The highest BCUT2D eigenvalue weighted by atomic mass is 33.1. The number of nitrogens with two attached hydrogens (primary N) is 1. The molecule has 2 saturated heterocycles. The molecule has 13 nitrogen and oxygen atoms in total. The number of rotatable bonds is 3. The molecule has 328 valence electrons. The topological polar surface area (TPSA) is 211 Å². The summed E-state index contributed by atoms with van der Waals surface area (Å²) >= 11 is 0. The van der Waals surface area contributed by atoms with Crippen molar-refractivity contribution in [3.8, 4) is 23.3 Å². The van der Waals surface area contributed by atoms with Crippen LogP contribution in [-0.4, -0.2) is 110 Å². The van der Waals surface area contributed by atoms with Gasteiger partial charge in [-0.05, 0) is 95.4 Å². The van der Waals surface area contributed by atoms with Gasteiger partial charge in [0.1, 0.15) is 12.2 Å². The van der Waals surface area contributed by atoms with Crippen LogP contribution in [0.15, 0.2) is 17.1 Å². The molecule has 10 atom stereocenters. The van der Waals surface area contributed by atoms with Gasteiger partial charge in [0.2, 0.25) is 0 Å². The van der Waals surface area contributed by atoms with Gasteiger partial charge in [-0.2, -0.15) is 0 Å². The maximum Gasteiger partial charge on any atom is 0.302 e. The molecule has 3 fully saturated rings. The summed E-state index contributed by atoms with van der Waals surface area (Å²) in [6.07, 6.45) is 7.50. The summed E-state index contributed by atoms with van der Waals surface area (Å²) in [5, 5.41) is 68.0. The van der Waals surface area contributed by atoms with Crippen LogP contribution in [0.5, 0.6) is 11.5 Å². The Kier molecular flexibility index (Phi) is 14.6. The fraction of sp³-hybridized carbons (Fsp3) is 0.773. The molecule has 2 aliphatic carbocycles. The number of aliphatic hydroxyl groups excluding tert-OH is 3. The number of aliphatic imine (C=N–C) groups is 1. The van der Waals surface area contributed by atoms with Crippen molar-refractivity contribution in [2.24, 2.45) is 28.0 Å². The molecule has 0 radical (unpaired) electrons. The number of aromatic hydroxyl groups is 1. The van der Waals surface area contributed by atoms with Crippen LogP contribution < -0.4 is 26.4 Å². The van der Waals surface area contributed by atoms with Crippen molar-refractivity contribution in [3.05, 3.63) is 23.3 Å². The molecule has 2 spiro atoms. The molecule has 59 heavy (non-hydrogen) atoms. The summed E-state index contributed by atoms with van der Waals surface area (Å²) in [6.45, 7) is 4.86. The summed E-state index contributed by atoms with van der Waals surface area (Å²) in [7, 11) is 3.89. The van der Waals surface area contributed by atoms with E-state index in [-0.39, 0.29) is 66.1 Å².